The lowest BCUT2D eigenvalue weighted by Gasteiger charge is -2.20. The van der Waals surface area contributed by atoms with Crippen LogP contribution in [0.3, 0.4) is 0 Å². The minimum atomic E-state index is -0.110. The molecule has 1 aliphatic rings. The molecule has 2 N–H and O–H groups in total. The molecule has 0 saturated carbocycles. The second-order valence-electron chi connectivity index (χ2n) is 3.85. The second-order valence-corrected chi connectivity index (χ2v) is 3.85. The van der Waals surface area contributed by atoms with Crippen LogP contribution in [0.15, 0.2) is 18.2 Å². The molecule has 0 bridgehead atoms. The number of methoxy groups -OCH3 is 1. The molecule has 1 aromatic rings. The van der Waals surface area contributed by atoms with Crippen LogP contribution in [0.1, 0.15) is 11.1 Å². The van der Waals surface area contributed by atoms with Gasteiger partial charge in [0, 0.05) is 19.3 Å². The molecule has 86 valence electrons. The first-order valence-electron chi connectivity index (χ1n) is 5.41. The van der Waals surface area contributed by atoms with Crippen molar-refractivity contribution < 1.29 is 9.53 Å². The van der Waals surface area contributed by atoms with Gasteiger partial charge in [0.05, 0.1) is 0 Å². The summed E-state index contributed by atoms with van der Waals surface area (Å²) in [4.78, 5) is 11.4. The van der Waals surface area contributed by atoms with Gasteiger partial charge in [-0.1, -0.05) is 12.1 Å². The fraction of sp³-hybridized carbons (Fsp3) is 0.417. The monoisotopic (exact) mass is 220 g/mol. The number of carbonyl (C=O) groups is 1. The molecule has 0 atom stereocenters. The van der Waals surface area contributed by atoms with Gasteiger partial charge in [0.25, 0.3) is 0 Å². The van der Waals surface area contributed by atoms with E-state index < -0.39 is 0 Å². The first-order valence-corrected chi connectivity index (χ1v) is 5.41. The SMILES string of the molecule is COCC(=O)Nc1cccc2c1CNCC2. The van der Waals surface area contributed by atoms with Crippen LogP contribution in [0.2, 0.25) is 0 Å². The van der Waals surface area contributed by atoms with E-state index in [0.29, 0.717) is 0 Å². The predicted molar refractivity (Wildman–Crippen MR) is 62.4 cm³/mol. The van der Waals surface area contributed by atoms with Crippen molar-refractivity contribution in [3.8, 4) is 0 Å². The molecular formula is C12H16N2O2. The number of hydrogen-bond acceptors (Lipinski definition) is 3. The number of fused-ring (bicyclic) bond motifs is 1. The third-order valence-corrected chi connectivity index (χ3v) is 2.70. The number of anilines is 1. The van der Waals surface area contributed by atoms with Gasteiger partial charge in [-0.3, -0.25) is 4.79 Å². The zero-order valence-electron chi connectivity index (χ0n) is 9.38. The number of hydrogen-bond donors (Lipinski definition) is 2. The van der Waals surface area contributed by atoms with Crippen LogP contribution < -0.4 is 10.6 Å². The van der Waals surface area contributed by atoms with Gasteiger partial charge in [-0.25, -0.2) is 0 Å². The molecule has 1 amide bonds. The maximum absolute atomic E-state index is 11.4. The molecular weight excluding hydrogens is 204 g/mol. The molecule has 0 aliphatic carbocycles. The lowest BCUT2D eigenvalue weighted by Crippen LogP contribution is -2.26. The molecule has 0 saturated heterocycles. The van der Waals surface area contributed by atoms with Gasteiger partial charge in [-0.05, 0) is 30.2 Å². The zero-order valence-corrected chi connectivity index (χ0v) is 9.38. The summed E-state index contributed by atoms with van der Waals surface area (Å²) in [7, 11) is 1.52. The molecule has 2 rings (SSSR count). The molecule has 16 heavy (non-hydrogen) atoms. The van der Waals surface area contributed by atoms with E-state index in [1.807, 2.05) is 12.1 Å². The molecule has 4 heteroatoms. The number of rotatable bonds is 3. The van der Waals surface area contributed by atoms with Crippen LogP contribution in [0.25, 0.3) is 0 Å². The Morgan fingerprint density at radius 1 is 1.56 bits per heavy atom. The predicted octanol–water partition coefficient (Wildman–Crippen LogP) is 0.917. The van der Waals surface area contributed by atoms with E-state index in [1.54, 1.807) is 0 Å². The first kappa shape index (κ1) is 11.1. The summed E-state index contributed by atoms with van der Waals surface area (Å²) in [6.45, 7) is 1.92. The lowest BCUT2D eigenvalue weighted by atomic mass is 9.99. The van der Waals surface area contributed by atoms with Gasteiger partial charge < -0.3 is 15.4 Å². The summed E-state index contributed by atoms with van der Waals surface area (Å²) in [5, 5.41) is 6.17. The maximum Gasteiger partial charge on any atom is 0.250 e. The first-order chi connectivity index (χ1) is 7.81. The molecule has 1 aliphatic heterocycles. The number of carbonyl (C=O) groups excluding carboxylic acids is 1. The highest BCUT2D eigenvalue weighted by Crippen LogP contribution is 2.22. The molecule has 0 spiro atoms. The summed E-state index contributed by atoms with van der Waals surface area (Å²) in [5.74, 6) is -0.110. The van der Waals surface area contributed by atoms with E-state index in [4.69, 9.17) is 4.74 Å². The Balaban J connectivity index is 2.17. The molecule has 0 radical (unpaired) electrons. The third-order valence-electron chi connectivity index (χ3n) is 2.70. The number of benzene rings is 1. The van der Waals surface area contributed by atoms with Crippen LogP contribution in [0.4, 0.5) is 5.69 Å². The van der Waals surface area contributed by atoms with Crippen molar-refractivity contribution in [3.63, 3.8) is 0 Å². The van der Waals surface area contributed by atoms with Crippen molar-refractivity contribution in [3.05, 3.63) is 29.3 Å². The van der Waals surface area contributed by atoms with E-state index in [0.717, 1.165) is 25.2 Å². The highest BCUT2D eigenvalue weighted by molar-refractivity contribution is 5.92. The van der Waals surface area contributed by atoms with E-state index in [-0.39, 0.29) is 12.5 Å². The fourth-order valence-electron chi connectivity index (χ4n) is 1.95. The van der Waals surface area contributed by atoms with Gasteiger partial charge in [-0.15, -0.1) is 0 Å². The molecule has 4 nitrogen and oxygen atoms in total. The summed E-state index contributed by atoms with van der Waals surface area (Å²) >= 11 is 0. The quantitative estimate of drug-likeness (QED) is 0.796. The number of amides is 1. The Morgan fingerprint density at radius 3 is 3.25 bits per heavy atom. The Bertz CT molecular complexity index is 391. The second kappa shape index (κ2) is 5.09. The van der Waals surface area contributed by atoms with Gasteiger partial charge in [0.1, 0.15) is 6.61 Å². The van der Waals surface area contributed by atoms with Crippen molar-refractivity contribution >= 4 is 11.6 Å². The van der Waals surface area contributed by atoms with E-state index in [2.05, 4.69) is 16.7 Å². The van der Waals surface area contributed by atoms with Gasteiger partial charge >= 0.3 is 0 Å². The third kappa shape index (κ3) is 2.40. The Labute approximate surface area is 95.0 Å². The largest absolute Gasteiger partial charge is 0.375 e. The highest BCUT2D eigenvalue weighted by atomic mass is 16.5. The van der Waals surface area contributed by atoms with Crippen molar-refractivity contribution in [1.29, 1.82) is 0 Å². The maximum atomic E-state index is 11.4. The van der Waals surface area contributed by atoms with Crippen LogP contribution >= 0.6 is 0 Å². The minimum absolute atomic E-state index is 0.0943. The summed E-state index contributed by atoms with van der Waals surface area (Å²) < 4.78 is 4.79. The average molecular weight is 220 g/mol. The highest BCUT2D eigenvalue weighted by Gasteiger charge is 2.13. The van der Waals surface area contributed by atoms with Gasteiger partial charge in [-0.2, -0.15) is 0 Å². The molecule has 0 fully saturated rings. The van der Waals surface area contributed by atoms with Crippen LogP contribution in [0, 0.1) is 0 Å². The topological polar surface area (TPSA) is 50.4 Å². The van der Waals surface area contributed by atoms with Gasteiger partial charge in [0.15, 0.2) is 0 Å². The van der Waals surface area contributed by atoms with Crippen LogP contribution in [-0.4, -0.2) is 26.2 Å². The molecule has 1 heterocycles. The fourth-order valence-corrected chi connectivity index (χ4v) is 1.95. The Morgan fingerprint density at radius 2 is 2.44 bits per heavy atom. The smallest absolute Gasteiger partial charge is 0.250 e. The van der Waals surface area contributed by atoms with Crippen LogP contribution in [0.5, 0.6) is 0 Å². The number of ether oxygens (including phenoxy) is 1. The van der Waals surface area contributed by atoms with Crippen molar-refractivity contribution in [1.82, 2.24) is 5.32 Å². The summed E-state index contributed by atoms with van der Waals surface area (Å²) in [5.41, 5.74) is 3.40. The average Bonchev–Trinajstić information content (AvgIpc) is 2.30. The lowest BCUT2D eigenvalue weighted by molar-refractivity contribution is -0.119. The van der Waals surface area contributed by atoms with Crippen molar-refractivity contribution in [2.24, 2.45) is 0 Å². The van der Waals surface area contributed by atoms with E-state index >= 15 is 0 Å². The molecule has 0 unspecified atom stereocenters. The zero-order chi connectivity index (χ0) is 11.4. The van der Waals surface area contributed by atoms with Crippen molar-refractivity contribution in [2.75, 3.05) is 25.6 Å². The summed E-state index contributed by atoms with van der Waals surface area (Å²) in [6.07, 6.45) is 1.02. The standard InChI is InChI=1S/C12H16N2O2/c1-16-8-12(15)14-11-4-2-3-9-5-6-13-7-10(9)11/h2-4,13H,5-8H2,1H3,(H,14,15). The summed E-state index contributed by atoms with van der Waals surface area (Å²) in [6, 6.07) is 6.02. The van der Waals surface area contributed by atoms with Crippen LogP contribution in [-0.2, 0) is 22.5 Å². The van der Waals surface area contributed by atoms with Gasteiger partial charge in [0.2, 0.25) is 5.91 Å². The van der Waals surface area contributed by atoms with E-state index in [1.165, 1.54) is 18.2 Å². The minimum Gasteiger partial charge on any atom is -0.375 e. The van der Waals surface area contributed by atoms with E-state index in [9.17, 15) is 4.79 Å². The molecule has 0 aromatic heterocycles. The Kier molecular flexibility index (Phi) is 3.54. The Hall–Kier alpha value is -1.39. The van der Waals surface area contributed by atoms with Crippen molar-refractivity contribution in [2.45, 2.75) is 13.0 Å². The normalized spacial score (nSPS) is 14.3. The molecule has 1 aromatic carbocycles. The number of nitrogens with one attached hydrogen (secondary N) is 2.